The Kier molecular flexibility index (Phi) is 6.55. The minimum absolute atomic E-state index is 0.0922. The van der Waals surface area contributed by atoms with Crippen molar-refractivity contribution in [2.24, 2.45) is 11.0 Å². The van der Waals surface area contributed by atoms with E-state index in [0.29, 0.717) is 12.5 Å². The van der Waals surface area contributed by atoms with E-state index in [1.165, 1.54) is 16.4 Å². The normalized spacial score (nSPS) is 24.3. The molecular weight excluding hydrogens is 394 g/mol. The summed E-state index contributed by atoms with van der Waals surface area (Å²) in [5, 5.41) is 15.7. The molecule has 10 heteroatoms. The van der Waals surface area contributed by atoms with Gasteiger partial charge in [-0.3, -0.25) is 15.5 Å². The number of nitrogens with one attached hydrogen (secondary N) is 1. The summed E-state index contributed by atoms with van der Waals surface area (Å²) in [6, 6.07) is 3.72. The van der Waals surface area contributed by atoms with Gasteiger partial charge < -0.3 is 4.90 Å². The molecule has 0 aliphatic carbocycles. The number of nitro groups is 1. The van der Waals surface area contributed by atoms with Crippen LogP contribution in [0.2, 0.25) is 0 Å². The van der Waals surface area contributed by atoms with Crippen LogP contribution in [0.1, 0.15) is 39.5 Å². The van der Waals surface area contributed by atoms with E-state index < -0.39 is 14.9 Å². The van der Waals surface area contributed by atoms with Crippen molar-refractivity contribution in [3.05, 3.63) is 28.3 Å². The van der Waals surface area contributed by atoms with Gasteiger partial charge in [-0.1, -0.05) is 6.92 Å². The maximum absolute atomic E-state index is 13.4. The molecule has 2 fully saturated rings. The van der Waals surface area contributed by atoms with Crippen LogP contribution >= 0.6 is 0 Å². The number of benzene rings is 1. The Morgan fingerprint density at radius 1 is 1.21 bits per heavy atom. The Labute approximate surface area is 172 Å². The van der Waals surface area contributed by atoms with E-state index in [0.717, 1.165) is 50.6 Å². The summed E-state index contributed by atoms with van der Waals surface area (Å²) < 4.78 is 28.3. The zero-order chi connectivity index (χ0) is 21.2. The number of nitrogens with zero attached hydrogens (tertiary/aromatic N) is 4. The second kappa shape index (κ2) is 8.76. The number of hydrogen-bond donors (Lipinski definition) is 1. The molecule has 0 aromatic heterocycles. The van der Waals surface area contributed by atoms with Gasteiger partial charge in [0.1, 0.15) is 4.90 Å². The van der Waals surface area contributed by atoms with Gasteiger partial charge in [0.25, 0.3) is 5.69 Å². The summed E-state index contributed by atoms with van der Waals surface area (Å²) in [6.07, 6.45) is 3.16. The first-order chi connectivity index (χ1) is 13.7. The van der Waals surface area contributed by atoms with E-state index in [9.17, 15) is 18.5 Å². The first-order valence-electron chi connectivity index (χ1n) is 9.98. The van der Waals surface area contributed by atoms with Crippen LogP contribution in [0.15, 0.2) is 28.2 Å². The van der Waals surface area contributed by atoms with Crippen LogP contribution in [0.25, 0.3) is 0 Å². The molecule has 2 saturated heterocycles. The minimum Gasteiger partial charge on any atom is -0.306 e. The highest BCUT2D eigenvalue weighted by Gasteiger charge is 2.35. The average molecular weight is 424 g/mol. The van der Waals surface area contributed by atoms with Crippen molar-refractivity contribution in [2.45, 2.75) is 50.5 Å². The van der Waals surface area contributed by atoms with E-state index in [1.807, 2.05) is 14.0 Å². The van der Waals surface area contributed by atoms with Crippen molar-refractivity contribution in [1.82, 2.24) is 9.21 Å². The number of non-ortho nitro benzene ring substituents is 1. The number of hydrogen-bond acceptors (Lipinski definition) is 7. The smallest absolute Gasteiger partial charge is 0.270 e. The lowest BCUT2D eigenvalue weighted by Gasteiger charge is -2.35. The third-order valence-electron chi connectivity index (χ3n) is 5.74. The predicted octanol–water partition coefficient (Wildman–Crippen LogP) is 2.90. The quantitative estimate of drug-likeness (QED) is 0.576. The molecule has 2 heterocycles. The highest BCUT2D eigenvalue weighted by Crippen LogP contribution is 2.33. The van der Waals surface area contributed by atoms with Crippen LogP contribution in [0.3, 0.4) is 0 Å². The zero-order valence-electron chi connectivity index (χ0n) is 17.2. The number of hydrazone groups is 1. The second-order valence-corrected chi connectivity index (χ2v) is 9.98. The molecule has 0 spiro atoms. The van der Waals surface area contributed by atoms with E-state index in [2.05, 4.69) is 22.4 Å². The highest BCUT2D eigenvalue weighted by molar-refractivity contribution is 7.89. The van der Waals surface area contributed by atoms with Crippen LogP contribution in [-0.4, -0.2) is 61.0 Å². The topological polar surface area (TPSA) is 108 Å². The highest BCUT2D eigenvalue weighted by atomic mass is 32.2. The van der Waals surface area contributed by atoms with Crippen molar-refractivity contribution in [2.75, 3.05) is 32.1 Å². The summed E-state index contributed by atoms with van der Waals surface area (Å²) in [5.74, 6) is 0.454. The summed E-state index contributed by atoms with van der Waals surface area (Å²) in [7, 11) is -1.85. The molecule has 2 aliphatic rings. The number of piperidine rings is 2. The SMILES string of the molecule is C[C@@H]1CCN(S(=O)(=O)c2cc([N+](=O)[O-])ccc2NN=C2CCN(C)CC2)[C@@H](C)C1. The van der Waals surface area contributed by atoms with Crippen molar-refractivity contribution >= 4 is 27.1 Å². The van der Waals surface area contributed by atoms with Gasteiger partial charge >= 0.3 is 0 Å². The van der Waals surface area contributed by atoms with Gasteiger partial charge in [0, 0.05) is 56.4 Å². The van der Waals surface area contributed by atoms with E-state index in [-0.39, 0.29) is 22.3 Å². The minimum atomic E-state index is -3.89. The van der Waals surface area contributed by atoms with Crippen LogP contribution in [0.4, 0.5) is 11.4 Å². The van der Waals surface area contributed by atoms with Gasteiger partial charge in [0.05, 0.1) is 10.6 Å². The van der Waals surface area contributed by atoms with Crippen molar-refractivity contribution in [3.63, 3.8) is 0 Å². The molecule has 1 aromatic carbocycles. The van der Waals surface area contributed by atoms with Crippen molar-refractivity contribution in [3.8, 4) is 0 Å². The van der Waals surface area contributed by atoms with Crippen LogP contribution in [0, 0.1) is 16.0 Å². The molecule has 2 aliphatic heterocycles. The summed E-state index contributed by atoms with van der Waals surface area (Å²) in [4.78, 5) is 12.8. The first-order valence-corrected chi connectivity index (χ1v) is 11.4. The maximum Gasteiger partial charge on any atom is 0.270 e. The fraction of sp³-hybridized carbons (Fsp3) is 0.632. The van der Waals surface area contributed by atoms with Gasteiger partial charge in [-0.2, -0.15) is 9.41 Å². The fourth-order valence-electron chi connectivity index (χ4n) is 3.93. The van der Waals surface area contributed by atoms with Crippen LogP contribution < -0.4 is 5.43 Å². The third kappa shape index (κ3) is 4.93. The Morgan fingerprint density at radius 2 is 1.90 bits per heavy atom. The summed E-state index contributed by atoms with van der Waals surface area (Å²) in [5.41, 5.74) is 3.86. The number of likely N-dealkylation sites (tertiary alicyclic amines) is 1. The van der Waals surface area contributed by atoms with Crippen molar-refractivity contribution < 1.29 is 13.3 Å². The number of anilines is 1. The lowest BCUT2D eigenvalue weighted by atomic mass is 9.95. The Bertz CT molecular complexity index is 892. The third-order valence-corrected chi connectivity index (χ3v) is 7.79. The largest absolute Gasteiger partial charge is 0.306 e. The number of sulfonamides is 1. The first kappa shape index (κ1) is 21.7. The van der Waals surface area contributed by atoms with Gasteiger partial charge in [-0.25, -0.2) is 8.42 Å². The van der Waals surface area contributed by atoms with Crippen molar-refractivity contribution in [1.29, 1.82) is 0 Å². The molecule has 3 rings (SSSR count). The molecule has 9 nitrogen and oxygen atoms in total. The Morgan fingerprint density at radius 3 is 2.52 bits per heavy atom. The van der Waals surface area contributed by atoms with Gasteiger partial charge in [-0.15, -0.1) is 0 Å². The standard InChI is InChI=1S/C19H29N5O4S/c1-14-6-11-23(15(2)12-14)29(27,28)19-13-17(24(25)26)4-5-18(19)21-20-16-7-9-22(3)10-8-16/h4-5,13-15,21H,6-12H2,1-3H3/t14-,15+/m1/s1. The fourth-order valence-corrected chi connectivity index (χ4v) is 5.75. The molecule has 29 heavy (non-hydrogen) atoms. The summed E-state index contributed by atoms with van der Waals surface area (Å²) in [6.45, 7) is 6.20. The predicted molar refractivity (Wildman–Crippen MR) is 113 cm³/mol. The molecule has 0 radical (unpaired) electrons. The summed E-state index contributed by atoms with van der Waals surface area (Å²) >= 11 is 0. The number of nitro benzene ring substituents is 1. The monoisotopic (exact) mass is 423 g/mol. The molecule has 0 unspecified atom stereocenters. The molecular formula is C19H29N5O4S. The second-order valence-electron chi connectivity index (χ2n) is 8.13. The number of rotatable bonds is 5. The van der Waals surface area contributed by atoms with Gasteiger partial charge in [0.2, 0.25) is 10.0 Å². The Balaban J connectivity index is 1.93. The molecule has 0 amide bonds. The average Bonchev–Trinajstić information content (AvgIpc) is 2.67. The van der Waals surface area contributed by atoms with Crippen LogP contribution in [0.5, 0.6) is 0 Å². The lowest BCUT2D eigenvalue weighted by molar-refractivity contribution is -0.385. The lowest BCUT2D eigenvalue weighted by Crippen LogP contribution is -2.44. The zero-order valence-corrected chi connectivity index (χ0v) is 18.0. The van der Waals surface area contributed by atoms with Gasteiger partial charge in [-0.05, 0) is 38.8 Å². The molecule has 0 bridgehead atoms. The van der Waals surface area contributed by atoms with E-state index in [1.54, 1.807) is 0 Å². The van der Waals surface area contributed by atoms with Crippen LogP contribution in [-0.2, 0) is 10.0 Å². The Hall–Kier alpha value is -2.04. The van der Waals surface area contributed by atoms with Gasteiger partial charge in [0.15, 0.2) is 0 Å². The molecule has 1 aromatic rings. The maximum atomic E-state index is 13.4. The molecule has 160 valence electrons. The van der Waals surface area contributed by atoms with E-state index in [4.69, 9.17) is 0 Å². The van der Waals surface area contributed by atoms with E-state index >= 15 is 0 Å². The molecule has 0 saturated carbocycles. The molecule has 1 N–H and O–H groups in total. The molecule has 2 atom stereocenters.